The highest BCUT2D eigenvalue weighted by Crippen LogP contribution is 2.23. The third kappa shape index (κ3) is 3.75. The first kappa shape index (κ1) is 15.8. The number of benzene rings is 2. The van der Waals surface area contributed by atoms with Gasteiger partial charge in [0.05, 0.1) is 12.0 Å². The van der Waals surface area contributed by atoms with Gasteiger partial charge in [0.15, 0.2) is 0 Å². The molecule has 0 saturated heterocycles. The number of carbonyl (C=O) groups excluding carboxylic acids is 2. The molecule has 0 heterocycles. The van der Waals surface area contributed by atoms with Crippen molar-refractivity contribution in [3.05, 3.63) is 47.5 Å². The number of alkyl halides is 3. The molecule has 0 aliphatic rings. The predicted molar refractivity (Wildman–Crippen MR) is 75.2 cm³/mol. The number of nitrogens with one attached hydrogen (secondary N) is 1. The minimum Gasteiger partial charge on any atom is -0.366 e. The fraction of sp³-hybridized carbons (Fsp3) is 0.200. The highest BCUT2D eigenvalue weighted by Gasteiger charge is 2.27. The standard InChI is InChI=1S/C15H13F3N2O2/c16-15(17,18)8-20-12(21)7-10-6-5-9-3-1-2-4-11(9)13(10)14(19)22/h1-6H,7-8H2,(H2,19,22)(H,20,21). The molecule has 0 aliphatic carbocycles. The van der Waals surface area contributed by atoms with Crippen molar-refractivity contribution in [2.45, 2.75) is 12.6 Å². The zero-order chi connectivity index (χ0) is 16.3. The van der Waals surface area contributed by atoms with Crippen LogP contribution in [0.3, 0.4) is 0 Å². The minimum absolute atomic E-state index is 0.153. The maximum atomic E-state index is 12.1. The Labute approximate surface area is 124 Å². The molecule has 2 aromatic rings. The summed E-state index contributed by atoms with van der Waals surface area (Å²) in [5.74, 6) is -1.55. The lowest BCUT2D eigenvalue weighted by Gasteiger charge is -2.12. The van der Waals surface area contributed by atoms with E-state index in [2.05, 4.69) is 0 Å². The lowest BCUT2D eigenvalue weighted by Crippen LogP contribution is -2.35. The number of halogens is 3. The van der Waals surface area contributed by atoms with Crippen LogP contribution in [0.4, 0.5) is 13.2 Å². The Morgan fingerprint density at radius 3 is 2.41 bits per heavy atom. The number of primary amides is 1. The van der Waals surface area contributed by atoms with Gasteiger partial charge in [-0.25, -0.2) is 0 Å². The van der Waals surface area contributed by atoms with E-state index in [1.165, 1.54) is 6.07 Å². The number of fused-ring (bicyclic) bond motifs is 1. The smallest absolute Gasteiger partial charge is 0.366 e. The van der Waals surface area contributed by atoms with Gasteiger partial charge in [0.1, 0.15) is 6.54 Å². The van der Waals surface area contributed by atoms with Gasteiger partial charge in [0.2, 0.25) is 11.8 Å². The van der Waals surface area contributed by atoms with Crippen LogP contribution in [0.25, 0.3) is 10.8 Å². The Bertz CT molecular complexity index is 726. The molecule has 2 aromatic carbocycles. The third-order valence-corrected chi connectivity index (χ3v) is 3.10. The van der Waals surface area contributed by atoms with Crippen LogP contribution in [0.2, 0.25) is 0 Å². The Morgan fingerprint density at radius 1 is 1.09 bits per heavy atom. The van der Waals surface area contributed by atoms with E-state index in [9.17, 15) is 22.8 Å². The molecule has 0 saturated carbocycles. The highest BCUT2D eigenvalue weighted by atomic mass is 19.4. The molecule has 7 heteroatoms. The first-order valence-corrected chi connectivity index (χ1v) is 6.42. The van der Waals surface area contributed by atoms with E-state index < -0.39 is 24.5 Å². The molecule has 0 unspecified atom stereocenters. The van der Waals surface area contributed by atoms with E-state index in [1.54, 1.807) is 35.6 Å². The molecule has 4 nitrogen and oxygen atoms in total. The molecule has 2 rings (SSSR count). The molecule has 0 spiro atoms. The topological polar surface area (TPSA) is 72.2 Å². The number of hydrogen-bond acceptors (Lipinski definition) is 2. The lowest BCUT2D eigenvalue weighted by atomic mass is 9.96. The number of rotatable bonds is 4. The van der Waals surface area contributed by atoms with E-state index in [0.717, 1.165) is 5.39 Å². The minimum atomic E-state index is -4.48. The van der Waals surface area contributed by atoms with Gasteiger partial charge in [-0.2, -0.15) is 13.2 Å². The van der Waals surface area contributed by atoms with Gasteiger partial charge in [-0.15, -0.1) is 0 Å². The quantitative estimate of drug-likeness (QED) is 0.908. The van der Waals surface area contributed by atoms with Gasteiger partial charge >= 0.3 is 6.18 Å². The molecule has 0 aliphatic heterocycles. The molecule has 0 aromatic heterocycles. The Kier molecular flexibility index (Phi) is 4.35. The van der Waals surface area contributed by atoms with Crippen LogP contribution in [0.5, 0.6) is 0 Å². The van der Waals surface area contributed by atoms with Crippen molar-refractivity contribution >= 4 is 22.6 Å². The van der Waals surface area contributed by atoms with Crippen molar-refractivity contribution < 1.29 is 22.8 Å². The summed E-state index contributed by atoms with van der Waals surface area (Å²) in [6.45, 7) is -1.41. The molecule has 0 fully saturated rings. The first-order valence-electron chi connectivity index (χ1n) is 6.42. The van der Waals surface area contributed by atoms with E-state index in [1.807, 2.05) is 0 Å². The maximum absolute atomic E-state index is 12.1. The van der Waals surface area contributed by atoms with Crippen molar-refractivity contribution in [2.75, 3.05) is 6.54 Å². The van der Waals surface area contributed by atoms with Crippen LogP contribution in [-0.2, 0) is 11.2 Å². The Morgan fingerprint density at radius 2 is 1.77 bits per heavy atom. The predicted octanol–water partition coefficient (Wildman–Crippen LogP) is 2.16. The van der Waals surface area contributed by atoms with Crippen molar-refractivity contribution in [2.24, 2.45) is 5.73 Å². The fourth-order valence-corrected chi connectivity index (χ4v) is 2.19. The fourth-order valence-electron chi connectivity index (χ4n) is 2.19. The number of nitrogens with two attached hydrogens (primary N) is 1. The van der Waals surface area contributed by atoms with E-state index in [0.29, 0.717) is 10.9 Å². The first-order chi connectivity index (χ1) is 10.3. The molecule has 116 valence electrons. The second-order valence-corrected chi connectivity index (χ2v) is 4.75. The van der Waals surface area contributed by atoms with Gasteiger partial charge in [0, 0.05) is 0 Å². The average molecular weight is 310 g/mol. The summed E-state index contributed by atoms with van der Waals surface area (Å²) in [6.07, 6.45) is -4.83. The molecular formula is C15H13F3N2O2. The SMILES string of the molecule is NC(=O)c1c(CC(=O)NCC(F)(F)F)ccc2ccccc12. The zero-order valence-electron chi connectivity index (χ0n) is 11.4. The van der Waals surface area contributed by atoms with Crippen molar-refractivity contribution in [1.29, 1.82) is 0 Å². The zero-order valence-corrected chi connectivity index (χ0v) is 11.4. The monoisotopic (exact) mass is 310 g/mol. The molecule has 22 heavy (non-hydrogen) atoms. The molecule has 0 atom stereocenters. The van der Waals surface area contributed by atoms with Gasteiger partial charge in [-0.1, -0.05) is 36.4 Å². The van der Waals surface area contributed by atoms with Crippen LogP contribution < -0.4 is 11.1 Å². The Balaban J connectivity index is 2.29. The number of hydrogen-bond donors (Lipinski definition) is 2. The lowest BCUT2D eigenvalue weighted by molar-refractivity contribution is -0.138. The van der Waals surface area contributed by atoms with Crippen molar-refractivity contribution in [3.63, 3.8) is 0 Å². The summed E-state index contributed by atoms with van der Waals surface area (Å²) >= 11 is 0. The van der Waals surface area contributed by atoms with Crippen molar-refractivity contribution in [3.8, 4) is 0 Å². The molecule has 2 amide bonds. The van der Waals surface area contributed by atoms with Crippen LogP contribution in [-0.4, -0.2) is 24.5 Å². The molecule has 3 N–H and O–H groups in total. The van der Waals surface area contributed by atoms with Crippen molar-refractivity contribution in [1.82, 2.24) is 5.32 Å². The van der Waals surface area contributed by atoms with E-state index in [4.69, 9.17) is 5.73 Å². The second-order valence-electron chi connectivity index (χ2n) is 4.75. The number of carbonyl (C=O) groups is 2. The van der Waals surface area contributed by atoms with Crippen LogP contribution >= 0.6 is 0 Å². The maximum Gasteiger partial charge on any atom is 0.405 e. The van der Waals surface area contributed by atoms with Gasteiger partial charge in [-0.3, -0.25) is 9.59 Å². The largest absolute Gasteiger partial charge is 0.405 e. The summed E-state index contributed by atoms with van der Waals surface area (Å²) in [4.78, 5) is 23.3. The van der Waals surface area contributed by atoms with Gasteiger partial charge < -0.3 is 11.1 Å². The Hall–Kier alpha value is -2.57. The summed E-state index contributed by atoms with van der Waals surface area (Å²) < 4.78 is 36.2. The number of amides is 2. The third-order valence-electron chi connectivity index (χ3n) is 3.10. The van der Waals surface area contributed by atoms with Crippen LogP contribution in [0.15, 0.2) is 36.4 Å². The second kappa shape index (κ2) is 6.05. The van der Waals surface area contributed by atoms with E-state index in [-0.39, 0.29) is 12.0 Å². The summed E-state index contributed by atoms with van der Waals surface area (Å²) in [6, 6.07) is 10.1. The molecular weight excluding hydrogens is 297 g/mol. The summed E-state index contributed by atoms with van der Waals surface area (Å²) in [5.41, 5.74) is 5.80. The average Bonchev–Trinajstić information content (AvgIpc) is 2.43. The summed E-state index contributed by atoms with van der Waals surface area (Å²) in [5, 5.41) is 3.10. The van der Waals surface area contributed by atoms with Gasteiger partial charge in [0.25, 0.3) is 0 Å². The molecule has 0 radical (unpaired) electrons. The van der Waals surface area contributed by atoms with Crippen LogP contribution in [0.1, 0.15) is 15.9 Å². The van der Waals surface area contributed by atoms with Crippen LogP contribution in [0, 0.1) is 0 Å². The normalized spacial score (nSPS) is 11.4. The highest BCUT2D eigenvalue weighted by molar-refractivity contribution is 6.08. The van der Waals surface area contributed by atoms with Gasteiger partial charge in [-0.05, 0) is 16.3 Å². The van der Waals surface area contributed by atoms with E-state index >= 15 is 0 Å². The summed E-state index contributed by atoms with van der Waals surface area (Å²) in [7, 11) is 0. The molecule has 0 bridgehead atoms.